The van der Waals surface area contributed by atoms with Gasteiger partial charge in [0.2, 0.25) is 0 Å². The van der Waals surface area contributed by atoms with Crippen LogP contribution in [0.25, 0.3) is 0 Å². The quantitative estimate of drug-likeness (QED) is 0.551. The molecular formula is C21H17N3O2. The van der Waals surface area contributed by atoms with Gasteiger partial charge in [-0.1, -0.05) is 54.6 Å². The summed E-state index contributed by atoms with van der Waals surface area (Å²) in [7, 11) is 0. The van der Waals surface area contributed by atoms with E-state index in [9.17, 15) is 9.59 Å². The fourth-order valence-corrected chi connectivity index (χ4v) is 2.54. The number of aldehydes is 1. The molecule has 5 heteroatoms. The number of hydrogen-bond donors (Lipinski definition) is 1. The number of aliphatic imine (C=N–C) groups is 1. The molecule has 0 bridgehead atoms. The van der Waals surface area contributed by atoms with Crippen molar-refractivity contribution in [1.82, 2.24) is 4.98 Å². The Hall–Kier alpha value is -3.60. The summed E-state index contributed by atoms with van der Waals surface area (Å²) in [5.74, 6) is -0.305. The zero-order chi connectivity index (χ0) is 18.2. The lowest BCUT2D eigenvalue weighted by Gasteiger charge is -2.13. The van der Waals surface area contributed by atoms with Crippen molar-refractivity contribution in [2.45, 2.75) is 0 Å². The second-order valence-corrected chi connectivity index (χ2v) is 5.44. The number of anilines is 1. The number of aromatic nitrogens is 1. The molecule has 26 heavy (non-hydrogen) atoms. The van der Waals surface area contributed by atoms with Gasteiger partial charge in [0.15, 0.2) is 0 Å². The first-order valence-electron chi connectivity index (χ1n) is 8.15. The first-order chi connectivity index (χ1) is 12.8. The van der Waals surface area contributed by atoms with Gasteiger partial charge in [0.1, 0.15) is 12.0 Å². The minimum atomic E-state index is -0.305. The van der Waals surface area contributed by atoms with E-state index in [0.717, 1.165) is 17.4 Å². The number of nitrogens with zero attached hydrogens (tertiary/aromatic N) is 2. The SMILES string of the molecule is O=CC/N=C(\c1ccccc1)c1ccccc1NC(=O)c1ccccn1. The zero-order valence-electron chi connectivity index (χ0n) is 14.0. The summed E-state index contributed by atoms with van der Waals surface area (Å²) in [6.07, 6.45) is 2.32. The number of hydrogen-bond acceptors (Lipinski definition) is 4. The van der Waals surface area contributed by atoms with Crippen molar-refractivity contribution < 1.29 is 9.59 Å². The zero-order valence-corrected chi connectivity index (χ0v) is 14.0. The van der Waals surface area contributed by atoms with Crippen molar-refractivity contribution in [3.05, 3.63) is 95.8 Å². The molecule has 2 aromatic carbocycles. The smallest absolute Gasteiger partial charge is 0.274 e. The molecule has 5 nitrogen and oxygen atoms in total. The van der Waals surface area contributed by atoms with Crippen molar-refractivity contribution in [2.24, 2.45) is 4.99 Å². The Labute approximate surface area is 151 Å². The van der Waals surface area contributed by atoms with Gasteiger partial charge in [0, 0.05) is 17.3 Å². The van der Waals surface area contributed by atoms with Gasteiger partial charge in [-0.15, -0.1) is 0 Å². The topological polar surface area (TPSA) is 71.4 Å². The molecule has 0 saturated carbocycles. The number of benzene rings is 2. The predicted molar refractivity (Wildman–Crippen MR) is 102 cm³/mol. The Morgan fingerprint density at radius 3 is 2.42 bits per heavy atom. The summed E-state index contributed by atoms with van der Waals surface area (Å²) in [4.78, 5) is 31.8. The summed E-state index contributed by atoms with van der Waals surface area (Å²) in [5, 5.41) is 2.88. The van der Waals surface area contributed by atoms with Gasteiger partial charge in [-0.25, -0.2) is 0 Å². The highest BCUT2D eigenvalue weighted by Crippen LogP contribution is 2.21. The minimum Gasteiger partial charge on any atom is -0.320 e. The van der Waals surface area contributed by atoms with Crippen LogP contribution in [-0.2, 0) is 4.79 Å². The maximum absolute atomic E-state index is 12.5. The third kappa shape index (κ3) is 4.08. The highest BCUT2D eigenvalue weighted by atomic mass is 16.1. The molecule has 0 aliphatic heterocycles. The Bertz CT molecular complexity index is 922. The van der Waals surface area contributed by atoms with E-state index in [1.165, 1.54) is 0 Å². The molecule has 1 aromatic heterocycles. The van der Waals surface area contributed by atoms with Gasteiger partial charge in [-0.05, 0) is 18.2 Å². The Morgan fingerprint density at radius 2 is 1.69 bits per heavy atom. The number of carbonyl (C=O) groups excluding carboxylic acids is 2. The van der Waals surface area contributed by atoms with Crippen molar-refractivity contribution in [3.8, 4) is 0 Å². The highest BCUT2D eigenvalue weighted by molar-refractivity contribution is 6.18. The lowest BCUT2D eigenvalue weighted by Crippen LogP contribution is -2.16. The maximum Gasteiger partial charge on any atom is 0.274 e. The minimum absolute atomic E-state index is 0.0484. The molecule has 0 radical (unpaired) electrons. The molecule has 1 N–H and O–H groups in total. The van der Waals surface area contributed by atoms with Gasteiger partial charge in [0.25, 0.3) is 5.91 Å². The molecule has 1 heterocycles. The lowest BCUT2D eigenvalue weighted by molar-refractivity contribution is -0.106. The van der Waals surface area contributed by atoms with Crippen LogP contribution in [0, 0.1) is 0 Å². The molecule has 0 saturated heterocycles. The standard InChI is InChI=1S/C21H17N3O2/c25-15-14-23-20(16-8-2-1-3-9-16)17-10-4-5-11-18(17)24-21(26)19-12-6-7-13-22-19/h1-13,15H,14H2,(H,24,26)/b23-20+. The summed E-state index contributed by atoms with van der Waals surface area (Å²) in [6, 6.07) is 22.1. The number of para-hydroxylation sites is 1. The average Bonchev–Trinajstić information content (AvgIpc) is 2.71. The van der Waals surface area contributed by atoms with E-state index in [-0.39, 0.29) is 12.5 Å². The number of carbonyl (C=O) groups is 2. The number of amides is 1. The van der Waals surface area contributed by atoms with Crippen LogP contribution in [0.5, 0.6) is 0 Å². The highest BCUT2D eigenvalue weighted by Gasteiger charge is 2.14. The first kappa shape index (κ1) is 17.2. The van der Waals surface area contributed by atoms with Gasteiger partial charge in [0.05, 0.1) is 17.9 Å². The fourth-order valence-electron chi connectivity index (χ4n) is 2.54. The lowest BCUT2D eigenvalue weighted by atomic mass is 10.0. The third-order valence-corrected chi connectivity index (χ3v) is 3.70. The summed E-state index contributed by atoms with van der Waals surface area (Å²) < 4.78 is 0. The Balaban J connectivity index is 1.99. The van der Waals surface area contributed by atoms with E-state index in [1.54, 1.807) is 30.5 Å². The average molecular weight is 343 g/mol. The molecule has 1 amide bonds. The first-order valence-corrected chi connectivity index (χ1v) is 8.15. The maximum atomic E-state index is 12.5. The molecule has 0 unspecified atom stereocenters. The van der Waals surface area contributed by atoms with Crippen LogP contribution in [-0.4, -0.2) is 29.4 Å². The number of rotatable bonds is 6. The molecule has 0 aliphatic rings. The summed E-state index contributed by atoms with van der Waals surface area (Å²) in [6.45, 7) is 0.0484. The van der Waals surface area contributed by atoms with E-state index in [0.29, 0.717) is 17.1 Å². The molecule has 3 aromatic rings. The van der Waals surface area contributed by atoms with Crippen molar-refractivity contribution in [2.75, 3.05) is 11.9 Å². The second kappa shape index (κ2) is 8.48. The van der Waals surface area contributed by atoms with Crippen LogP contribution < -0.4 is 5.32 Å². The molecule has 0 aliphatic carbocycles. The van der Waals surface area contributed by atoms with E-state index >= 15 is 0 Å². The molecule has 0 spiro atoms. The largest absolute Gasteiger partial charge is 0.320 e. The van der Waals surface area contributed by atoms with Crippen molar-refractivity contribution in [1.29, 1.82) is 0 Å². The Morgan fingerprint density at radius 1 is 0.962 bits per heavy atom. The van der Waals surface area contributed by atoms with Crippen LogP contribution in [0.3, 0.4) is 0 Å². The van der Waals surface area contributed by atoms with Gasteiger partial charge in [-0.3, -0.25) is 14.8 Å². The molecule has 0 fully saturated rings. The van der Waals surface area contributed by atoms with Crippen LogP contribution >= 0.6 is 0 Å². The van der Waals surface area contributed by atoms with Crippen molar-refractivity contribution >= 4 is 23.6 Å². The predicted octanol–water partition coefficient (Wildman–Crippen LogP) is 3.37. The van der Waals surface area contributed by atoms with Crippen LogP contribution in [0.2, 0.25) is 0 Å². The molecule has 3 rings (SSSR count). The Kier molecular flexibility index (Phi) is 5.62. The van der Waals surface area contributed by atoms with E-state index in [2.05, 4.69) is 15.3 Å². The molecular weight excluding hydrogens is 326 g/mol. The normalized spacial score (nSPS) is 11.0. The van der Waals surface area contributed by atoms with Gasteiger partial charge < -0.3 is 10.1 Å². The van der Waals surface area contributed by atoms with E-state index in [1.807, 2.05) is 48.5 Å². The summed E-state index contributed by atoms with van der Waals surface area (Å²) in [5.41, 5.74) is 3.19. The van der Waals surface area contributed by atoms with Gasteiger partial charge >= 0.3 is 0 Å². The van der Waals surface area contributed by atoms with Gasteiger partial charge in [-0.2, -0.15) is 0 Å². The van der Waals surface area contributed by atoms with E-state index < -0.39 is 0 Å². The fraction of sp³-hybridized carbons (Fsp3) is 0.0476. The van der Waals surface area contributed by atoms with Crippen LogP contribution in [0.4, 0.5) is 5.69 Å². The van der Waals surface area contributed by atoms with E-state index in [4.69, 9.17) is 0 Å². The third-order valence-electron chi connectivity index (χ3n) is 3.70. The summed E-state index contributed by atoms with van der Waals surface area (Å²) >= 11 is 0. The second-order valence-electron chi connectivity index (χ2n) is 5.44. The number of nitrogens with one attached hydrogen (secondary N) is 1. The van der Waals surface area contributed by atoms with Crippen LogP contribution in [0.15, 0.2) is 84.0 Å². The molecule has 0 atom stereocenters. The number of pyridine rings is 1. The monoisotopic (exact) mass is 343 g/mol. The molecule has 128 valence electrons. The van der Waals surface area contributed by atoms with Crippen LogP contribution in [0.1, 0.15) is 21.6 Å². The van der Waals surface area contributed by atoms with Crippen molar-refractivity contribution in [3.63, 3.8) is 0 Å².